The van der Waals surface area contributed by atoms with Crippen LogP contribution in [0.25, 0.3) is 0 Å². The van der Waals surface area contributed by atoms with Crippen molar-refractivity contribution in [2.24, 2.45) is 0 Å². The number of carbonyl (C=O) groups is 1. The molecule has 1 aromatic rings. The molecule has 4 rings (SSSR count). The predicted molar refractivity (Wildman–Crippen MR) is 129 cm³/mol. The van der Waals surface area contributed by atoms with Crippen molar-refractivity contribution in [3.63, 3.8) is 0 Å². The number of aromatic nitrogens is 1. The lowest BCUT2D eigenvalue weighted by Gasteiger charge is -2.38. The maximum atomic E-state index is 12.5. The van der Waals surface area contributed by atoms with E-state index in [9.17, 15) is 10.1 Å². The molecular weight excluding hydrogens is 418 g/mol. The second kappa shape index (κ2) is 9.74. The second-order valence-corrected chi connectivity index (χ2v) is 10.3. The summed E-state index contributed by atoms with van der Waals surface area (Å²) in [7, 11) is 2.16. The number of nitriles is 1. The number of nitrogens with one attached hydrogen (secondary N) is 2. The number of carbonyl (C=O) groups excluding carboxylic acids is 1. The highest BCUT2D eigenvalue weighted by molar-refractivity contribution is 5.70. The van der Waals surface area contributed by atoms with Gasteiger partial charge in [-0.25, -0.2) is 9.78 Å². The van der Waals surface area contributed by atoms with Crippen LogP contribution in [0, 0.1) is 11.3 Å². The van der Waals surface area contributed by atoms with Crippen LogP contribution in [0.5, 0.6) is 0 Å². The molecule has 1 amide bonds. The molecule has 1 aromatic heterocycles. The molecule has 0 aliphatic carbocycles. The molecular formula is C24H37N7O2. The van der Waals surface area contributed by atoms with E-state index in [1.165, 1.54) is 12.0 Å². The SMILES string of the molecule is CN1CCC[C@@H]1CNc1nc(N2CCN(C(=O)OC(C)(C)C)CC2)c2c(c1C#N)CNCC2. The van der Waals surface area contributed by atoms with Gasteiger partial charge in [0.25, 0.3) is 0 Å². The van der Waals surface area contributed by atoms with Gasteiger partial charge in [0.1, 0.15) is 23.3 Å². The third-order valence-electron chi connectivity index (χ3n) is 6.76. The first-order chi connectivity index (χ1) is 15.8. The summed E-state index contributed by atoms with van der Waals surface area (Å²) in [4.78, 5) is 23.9. The second-order valence-electron chi connectivity index (χ2n) is 10.3. The molecule has 3 aliphatic heterocycles. The Kier molecular flexibility index (Phi) is 6.96. The average Bonchev–Trinajstić information content (AvgIpc) is 3.20. The Labute approximate surface area is 197 Å². The van der Waals surface area contributed by atoms with Crippen LogP contribution in [0.15, 0.2) is 0 Å². The maximum Gasteiger partial charge on any atom is 0.410 e. The fourth-order valence-corrected chi connectivity index (χ4v) is 4.93. The number of nitrogens with zero attached hydrogens (tertiary/aromatic N) is 5. The third kappa shape index (κ3) is 5.33. The molecule has 2 N–H and O–H groups in total. The Hall–Kier alpha value is -2.57. The molecule has 1 atom stereocenters. The van der Waals surface area contributed by atoms with Crippen LogP contribution in [-0.2, 0) is 17.7 Å². The lowest BCUT2D eigenvalue weighted by Crippen LogP contribution is -2.50. The fraction of sp³-hybridized carbons (Fsp3) is 0.708. The largest absolute Gasteiger partial charge is 0.444 e. The van der Waals surface area contributed by atoms with Gasteiger partial charge < -0.3 is 30.1 Å². The minimum absolute atomic E-state index is 0.260. The van der Waals surface area contributed by atoms with Crippen molar-refractivity contribution in [1.82, 2.24) is 20.1 Å². The van der Waals surface area contributed by atoms with Crippen molar-refractivity contribution < 1.29 is 9.53 Å². The summed E-state index contributed by atoms with van der Waals surface area (Å²) in [5, 5.41) is 16.9. The van der Waals surface area contributed by atoms with Gasteiger partial charge in [0.05, 0.1) is 5.56 Å². The van der Waals surface area contributed by atoms with Crippen molar-refractivity contribution >= 4 is 17.7 Å². The first-order valence-electron chi connectivity index (χ1n) is 12.1. The molecule has 9 nitrogen and oxygen atoms in total. The lowest BCUT2D eigenvalue weighted by atomic mass is 9.96. The van der Waals surface area contributed by atoms with Gasteiger partial charge in [-0.05, 0) is 65.7 Å². The minimum Gasteiger partial charge on any atom is -0.444 e. The maximum absolute atomic E-state index is 12.5. The highest BCUT2D eigenvalue weighted by Crippen LogP contribution is 2.32. The molecule has 0 unspecified atom stereocenters. The van der Waals surface area contributed by atoms with Crippen molar-refractivity contribution in [3.05, 3.63) is 16.7 Å². The van der Waals surface area contributed by atoms with E-state index in [2.05, 4.69) is 33.6 Å². The number of likely N-dealkylation sites (tertiary alicyclic amines) is 1. The Morgan fingerprint density at radius 1 is 1.24 bits per heavy atom. The van der Waals surface area contributed by atoms with E-state index in [0.717, 1.165) is 43.9 Å². The molecule has 33 heavy (non-hydrogen) atoms. The number of anilines is 2. The molecule has 3 aliphatic rings. The summed E-state index contributed by atoms with van der Waals surface area (Å²) >= 11 is 0. The van der Waals surface area contributed by atoms with Gasteiger partial charge in [0, 0.05) is 50.9 Å². The first-order valence-corrected chi connectivity index (χ1v) is 12.1. The van der Waals surface area contributed by atoms with E-state index in [1.807, 2.05) is 20.8 Å². The predicted octanol–water partition coefficient (Wildman–Crippen LogP) is 2.16. The molecule has 4 heterocycles. The van der Waals surface area contributed by atoms with Gasteiger partial charge in [0.2, 0.25) is 0 Å². The number of amides is 1. The first kappa shape index (κ1) is 23.6. The zero-order chi connectivity index (χ0) is 23.6. The van der Waals surface area contributed by atoms with Crippen LogP contribution in [0.3, 0.4) is 0 Å². The van der Waals surface area contributed by atoms with Gasteiger partial charge in [-0.3, -0.25) is 0 Å². The standard InChI is InChI=1S/C24H37N7O2/c1-24(2,3)33-23(32)31-12-10-30(11-13-31)22-18-7-8-26-16-20(18)19(14-25)21(28-22)27-15-17-6-5-9-29(17)4/h17,26H,5-13,15-16H2,1-4H3,(H,27,28)/t17-/m1/s1. The summed E-state index contributed by atoms with van der Waals surface area (Å²) in [6.45, 7) is 11.7. The monoisotopic (exact) mass is 455 g/mol. The van der Waals surface area contributed by atoms with Gasteiger partial charge in [-0.1, -0.05) is 0 Å². The molecule has 0 radical (unpaired) electrons. The van der Waals surface area contributed by atoms with Crippen LogP contribution in [0.4, 0.5) is 16.4 Å². The highest BCUT2D eigenvalue weighted by atomic mass is 16.6. The minimum atomic E-state index is -0.497. The van der Waals surface area contributed by atoms with Crippen molar-refractivity contribution in [3.8, 4) is 6.07 Å². The van der Waals surface area contributed by atoms with E-state index in [1.54, 1.807) is 4.90 Å². The van der Waals surface area contributed by atoms with Gasteiger partial charge in [-0.2, -0.15) is 5.26 Å². The number of ether oxygens (including phenoxy) is 1. The third-order valence-corrected chi connectivity index (χ3v) is 6.76. The number of piperazine rings is 1. The van der Waals surface area contributed by atoms with E-state index in [0.29, 0.717) is 50.1 Å². The summed E-state index contributed by atoms with van der Waals surface area (Å²) in [6.07, 6.45) is 2.97. The Balaban J connectivity index is 1.54. The number of hydrogen-bond acceptors (Lipinski definition) is 8. The van der Waals surface area contributed by atoms with Crippen LogP contribution in [-0.4, -0.2) is 85.4 Å². The van der Waals surface area contributed by atoms with Crippen LogP contribution >= 0.6 is 0 Å². The van der Waals surface area contributed by atoms with E-state index in [-0.39, 0.29) is 6.09 Å². The van der Waals surface area contributed by atoms with Gasteiger partial charge in [-0.15, -0.1) is 0 Å². The average molecular weight is 456 g/mol. The Morgan fingerprint density at radius 2 is 2.00 bits per heavy atom. The molecule has 0 spiro atoms. The quantitative estimate of drug-likeness (QED) is 0.713. The van der Waals surface area contributed by atoms with Gasteiger partial charge in [0.15, 0.2) is 0 Å². The molecule has 0 bridgehead atoms. The van der Waals surface area contributed by atoms with Crippen molar-refractivity contribution in [2.45, 2.75) is 58.2 Å². The fourth-order valence-electron chi connectivity index (χ4n) is 4.93. The molecule has 9 heteroatoms. The number of fused-ring (bicyclic) bond motifs is 1. The Bertz CT molecular complexity index is 913. The van der Waals surface area contributed by atoms with E-state index in [4.69, 9.17) is 9.72 Å². The molecule has 2 saturated heterocycles. The van der Waals surface area contributed by atoms with Crippen molar-refractivity contribution in [2.75, 3.05) is 63.1 Å². The van der Waals surface area contributed by atoms with Crippen LogP contribution in [0.2, 0.25) is 0 Å². The lowest BCUT2D eigenvalue weighted by molar-refractivity contribution is 0.0240. The summed E-state index contributed by atoms with van der Waals surface area (Å²) < 4.78 is 5.54. The van der Waals surface area contributed by atoms with E-state index >= 15 is 0 Å². The van der Waals surface area contributed by atoms with Gasteiger partial charge >= 0.3 is 6.09 Å². The molecule has 0 aromatic carbocycles. The number of hydrogen-bond donors (Lipinski definition) is 2. The molecule has 180 valence electrons. The summed E-state index contributed by atoms with van der Waals surface area (Å²) in [5.41, 5.74) is 2.39. The molecule has 0 saturated carbocycles. The van der Waals surface area contributed by atoms with Crippen molar-refractivity contribution in [1.29, 1.82) is 5.26 Å². The zero-order valence-corrected chi connectivity index (χ0v) is 20.4. The summed E-state index contributed by atoms with van der Waals surface area (Å²) in [5.74, 6) is 1.64. The normalized spacial score (nSPS) is 21.5. The Morgan fingerprint density at radius 3 is 2.64 bits per heavy atom. The number of rotatable bonds is 4. The smallest absolute Gasteiger partial charge is 0.410 e. The number of likely N-dealkylation sites (N-methyl/N-ethyl adjacent to an activating group) is 1. The molecule has 2 fully saturated rings. The highest BCUT2D eigenvalue weighted by Gasteiger charge is 2.30. The number of pyridine rings is 1. The van der Waals surface area contributed by atoms with Crippen LogP contribution < -0.4 is 15.5 Å². The zero-order valence-electron chi connectivity index (χ0n) is 20.4. The topological polar surface area (TPSA) is 96.8 Å². The van der Waals surface area contributed by atoms with E-state index < -0.39 is 5.60 Å². The van der Waals surface area contributed by atoms with Crippen LogP contribution in [0.1, 0.15) is 50.3 Å². The summed E-state index contributed by atoms with van der Waals surface area (Å²) in [6, 6.07) is 2.88.